The van der Waals surface area contributed by atoms with Crippen molar-refractivity contribution in [3.8, 4) is 0 Å². The highest BCUT2D eigenvalue weighted by atomic mass is 35.5. The lowest BCUT2D eigenvalue weighted by molar-refractivity contribution is -0.123. The predicted molar refractivity (Wildman–Crippen MR) is 112 cm³/mol. The van der Waals surface area contributed by atoms with Gasteiger partial charge in [-0.05, 0) is 61.5 Å². The fraction of sp³-hybridized carbons (Fsp3) is 0.250. The van der Waals surface area contributed by atoms with Gasteiger partial charge in [-0.1, -0.05) is 11.6 Å². The van der Waals surface area contributed by atoms with Gasteiger partial charge in [0, 0.05) is 29.2 Å². The van der Waals surface area contributed by atoms with Gasteiger partial charge < -0.3 is 9.88 Å². The molecule has 162 valence electrons. The summed E-state index contributed by atoms with van der Waals surface area (Å²) in [6.07, 6.45) is 3.17. The van der Waals surface area contributed by atoms with Crippen LogP contribution in [-0.4, -0.2) is 37.9 Å². The molecule has 0 radical (unpaired) electrons. The molecule has 1 fully saturated rings. The maximum Gasteiger partial charge on any atom is 0.446 e. The fourth-order valence-corrected chi connectivity index (χ4v) is 4.31. The van der Waals surface area contributed by atoms with Gasteiger partial charge in [-0.3, -0.25) is 4.79 Å². The molecule has 1 aromatic carbocycles. The van der Waals surface area contributed by atoms with Crippen LogP contribution in [0.2, 0.25) is 5.02 Å². The van der Waals surface area contributed by atoms with Crippen molar-refractivity contribution in [2.45, 2.75) is 36.3 Å². The smallest absolute Gasteiger partial charge is 0.345 e. The third-order valence-corrected chi connectivity index (χ3v) is 6.13. The van der Waals surface area contributed by atoms with Crippen molar-refractivity contribution in [3.63, 3.8) is 0 Å². The van der Waals surface area contributed by atoms with E-state index < -0.39 is 23.0 Å². The lowest BCUT2D eigenvalue weighted by Gasteiger charge is -2.28. The van der Waals surface area contributed by atoms with Gasteiger partial charge in [0.05, 0.1) is 10.7 Å². The molecule has 0 unspecified atom stereocenters. The van der Waals surface area contributed by atoms with E-state index in [9.17, 15) is 22.8 Å². The standard InChI is InChI=1S/C20H16ClF3N4O2S/c1-19(2)17(29)28(12-3-5-13(6-4-12)31-20(22,23)24)18(30)27(19)10-11-7-8-25-16-15(11)14(21)9-26-16/h3-9H,10H2,1-2H3,(H,25,26). The molecule has 0 aliphatic carbocycles. The summed E-state index contributed by atoms with van der Waals surface area (Å²) in [5, 5.41) is 1.11. The number of rotatable bonds is 4. The van der Waals surface area contributed by atoms with E-state index in [0.29, 0.717) is 21.6 Å². The fourth-order valence-electron chi connectivity index (χ4n) is 3.51. The van der Waals surface area contributed by atoms with Crippen LogP contribution in [0, 0.1) is 0 Å². The molecule has 1 N–H and O–H groups in total. The van der Waals surface area contributed by atoms with Crippen molar-refractivity contribution >= 4 is 52.0 Å². The second-order valence-corrected chi connectivity index (χ2v) is 8.99. The van der Waals surface area contributed by atoms with E-state index in [4.69, 9.17) is 11.6 Å². The topological polar surface area (TPSA) is 69.3 Å². The van der Waals surface area contributed by atoms with E-state index in [1.54, 1.807) is 32.3 Å². The number of carbonyl (C=O) groups is 2. The van der Waals surface area contributed by atoms with E-state index in [-0.39, 0.29) is 28.9 Å². The predicted octanol–water partition coefficient (Wildman–Crippen LogP) is 5.58. The van der Waals surface area contributed by atoms with Gasteiger partial charge in [-0.15, -0.1) is 0 Å². The summed E-state index contributed by atoms with van der Waals surface area (Å²) >= 11 is 5.99. The van der Waals surface area contributed by atoms with Gasteiger partial charge in [0.1, 0.15) is 11.2 Å². The molecule has 3 aromatic rings. The Hall–Kier alpha value is -2.72. The average molecular weight is 469 g/mol. The highest BCUT2D eigenvalue weighted by molar-refractivity contribution is 8.00. The number of imide groups is 1. The molecule has 1 saturated heterocycles. The number of halogens is 4. The van der Waals surface area contributed by atoms with E-state index >= 15 is 0 Å². The molecule has 1 aliphatic heterocycles. The van der Waals surface area contributed by atoms with Crippen molar-refractivity contribution in [1.29, 1.82) is 0 Å². The molecule has 0 atom stereocenters. The molecule has 0 spiro atoms. The summed E-state index contributed by atoms with van der Waals surface area (Å²) in [5.41, 5.74) is -4.11. The number of aromatic amines is 1. The maximum atomic E-state index is 13.2. The minimum Gasteiger partial charge on any atom is -0.345 e. The minimum atomic E-state index is -4.42. The van der Waals surface area contributed by atoms with E-state index in [1.165, 1.54) is 29.2 Å². The Morgan fingerprint density at radius 3 is 2.48 bits per heavy atom. The third-order valence-electron chi connectivity index (χ3n) is 5.09. The normalized spacial score (nSPS) is 16.6. The number of H-pyrrole nitrogens is 1. The quantitative estimate of drug-likeness (QED) is 0.401. The van der Waals surface area contributed by atoms with E-state index in [2.05, 4.69) is 9.97 Å². The number of carbonyl (C=O) groups excluding carboxylic acids is 2. The molecule has 11 heteroatoms. The number of fused-ring (bicyclic) bond motifs is 1. The lowest BCUT2D eigenvalue weighted by atomic mass is 10.0. The van der Waals surface area contributed by atoms with Crippen LogP contribution in [-0.2, 0) is 11.3 Å². The number of nitrogens with one attached hydrogen (secondary N) is 1. The second kappa shape index (κ2) is 7.45. The molecule has 4 rings (SSSR count). The van der Waals surface area contributed by atoms with Crippen LogP contribution in [0.1, 0.15) is 19.4 Å². The van der Waals surface area contributed by atoms with Crippen LogP contribution < -0.4 is 4.90 Å². The second-order valence-electron chi connectivity index (χ2n) is 7.44. The molecule has 31 heavy (non-hydrogen) atoms. The average Bonchev–Trinajstić information content (AvgIpc) is 3.14. The Balaban J connectivity index is 1.65. The van der Waals surface area contributed by atoms with Crippen molar-refractivity contribution in [3.05, 3.63) is 53.3 Å². The van der Waals surface area contributed by atoms with Crippen LogP contribution in [0.15, 0.2) is 47.6 Å². The number of benzene rings is 1. The van der Waals surface area contributed by atoms with Gasteiger partial charge in [0.25, 0.3) is 5.91 Å². The third kappa shape index (κ3) is 3.85. The van der Waals surface area contributed by atoms with Gasteiger partial charge in [-0.2, -0.15) is 13.2 Å². The van der Waals surface area contributed by atoms with Crippen LogP contribution in [0.25, 0.3) is 11.0 Å². The van der Waals surface area contributed by atoms with E-state index in [0.717, 1.165) is 4.90 Å². The number of urea groups is 1. The summed E-state index contributed by atoms with van der Waals surface area (Å²) < 4.78 is 37.7. The summed E-state index contributed by atoms with van der Waals surface area (Å²) in [6.45, 7) is 3.35. The Kier molecular flexibility index (Phi) is 5.17. The SMILES string of the molecule is CC1(C)C(=O)N(c2ccc(SC(F)(F)F)cc2)C(=O)N1Cc1ccnc2[nH]cc(Cl)c12. The summed E-state index contributed by atoms with van der Waals surface area (Å²) in [4.78, 5) is 35.8. The first-order valence-corrected chi connectivity index (χ1v) is 10.3. The molecule has 3 amide bonds. The molecule has 6 nitrogen and oxygen atoms in total. The Labute approximate surface area is 184 Å². The van der Waals surface area contributed by atoms with Crippen molar-refractivity contribution in [1.82, 2.24) is 14.9 Å². The van der Waals surface area contributed by atoms with Crippen LogP contribution in [0.5, 0.6) is 0 Å². The number of amides is 3. The number of pyridine rings is 1. The minimum absolute atomic E-state index is 0.0345. The van der Waals surface area contributed by atoms with Crippen LogP contribution >= 0.6 is 23.4 Å². The zero-order chi connectivity index (χ0) is 22.6. The molecule has 0 saturated carbocycles. The van der Waals surface area contributed by atoms with Gasteiger partial charge >= 0.3 is 11.5 Å². The Morgan fingerprint density at radius 2 is 1.84 bits per heavy atom. The van der Waals surface area contributed by atoms with Gasteiger partial charge in [0.15, 0.2) is 0 Å². The number of anilines is 1. The number of alkyl halides is 3. The molecule has 2 aromatic heterocycles. The Bertz CT molecular complexity index is 1180. The van der Waals surface area contributed by atoms with Gasteiger partial charge in [0.2, 0.25) is 0 Å². The van der Waals surface area contributed by atoms with Crippen LogP contribution in [0.3, 0.4) is 0 Å². The zero-order valence-corrected chi connectivity index (χ0v) is 17.9. The first kappa shape index (κ1) is 21.5. The lowest BCUT2D eigenvalue weighted by Crippen LogP contribution is -2.43. The summed E-state index contributed by atoms with van der Waals surface area (Å²) in [7, 11) is 0. The maximum absolute atomic E-state index is 13.2. The number of thioether (sulfide) groups is 1. The summed E-state index contributed by atoms with van der Waals surface area (Å²) in [6, 6.07) is 6.28. The van der Waals surface area contributed by atoms with Crippen molar-refractivity contribution in [2.24, 2.45) is 0 Å². The first-order valence-electron chi connectivity index (χ1n) is 9.11. The number of hydrogen-bond acceptors (Lipinski definition) is 4. The van der Waals surface area contributed by atoms with Crippen LogP contribution in [0.4, 0.5) is 23.7 Å². The molecule has 1 aliphatic rings. The molecular weight excluding hydrogens is 453 g/mol. The molecule has 3 heterocycles. The number of nitrogens with zero attached hydrogens (tertiary/aromatic N) is 3. The Morgan fingerprint density at radius 1 is 1.16 bits per heavy atom. The molecular formula is C20H16ClF3N4O2S. The van der Waals surface area contributed by atoms with Crippen molar-refractivity contribution in [2.75, 3.05) is 4.90 Å². The number of hydrogen-bond donors (Lipinski definition) is 1. The van der Waals surface area contributed by atoms with E-state index in [1.807, 2.05) is 0 Å². The van der Waals surface area contributed by atoms with Crippen molar-refractivity contribution < 1.29 is 22.8 Å². The van der Waals surface area contributed by atoms with Gasteiger partial charge in [-0.25, -0.2) is 14.7 Å². The highest BCUT2D eigenvalue weighted by Crippen LogP contribution is 2.39. The number of aromatic nitrogens is 2. The highest BCUT2D eigenvalue weighted by Gasteiger charge is 2.51. The zero-order valence-electron chi connectivity index (χ0n) is 16.3. The first-order chi connectivity index (χ1) is 14.5. The largest absolute Gasteiger partial charge is 0.446 e. The summed E-state index contributed by atoms with van der Waals surface area (Å²) in [5.74, 6) is -0.473. The molecule has 0 bridgehead atoms. The monoisotopic (exact) mass is 468 g/mol.